The molecule has 12 rings (SSSR count). The summed E-state index contributed by atoms with van der Waals surface area (Å²) in [5, 5.41) is 7.27. The molecule has 1 N–H and O–H groups in total. The molecule has 0 amide bonds. The fourth-order valence-corrected chi connectivity index (χ4v) is 9.81. The minimum Gasteiger partial charge on any atom is -0.456 e. The predicted molar refractivity (Wildman–Crippen MR) is 223 cm³/mol. The van der Waals surface area contributed by atoms with Crippen LogP contribution < -0.4 is 4.98 Å². The minimum atomic E-state index is 0.671. The van der Waals surface area contributed by atoms with Gasteiger partial charge in [0.2, 0.25) is 0 Å². The monoisotopic (exact) mass is 708 g/mol. The van der Waals surface area contributed by atoms with E-state index in [-0.39, 0.29) is 0 Å². The van der Waals surface area contributed by atoms with Crippen LogP contribution in [0.3, 0.4) is 0 Å². The number of fused-ring (bicyclic) bond motifs is 6. The number of aromatic nitrogens is 3. The van der Waals surface area contributed by atoms with Crippen molar-refractivity contribution < 1.29 is 9.40 Å². The van der Waals surface area contributed by atoms with E-state index in [1.54, 1.807) is 0 Å². The van der Waals surface area contributed by atoms with E-state index in [0.29, 0.717) is 5.82 Å². The predicted octanol–water partition coefficient (Wildman–Crippen LogP) is 12.7. The van der Waals surface area contributed by atoms with Crippen LogP contribution in [0.25, 0.3) is 110 Å². The van der Waals surface area contributed by atoms with Crippen LogP contribution in [0.15, 0.2) is 150 Å². The molecule has 0 bridgehead atoms. The maximum Gasteiger partial charge on any atom is 0.308 e. The van der Waals surface area contributed by atoms with Gasteiger partial charge in [-0.2, -0.15) is 0 Å². The average molecular weight is 709 g/mol. The molecule has 0 atom stereocenters. The zero-order valence-electron chi connectivity index (χ0n) is 29.1. The van der Waals surface area contributed by atoms with E-state index >= 15 is 0 Å². The van der Waals surface area contributed by atoms with Gasteiger partial charge in [0, 0.05) is 30.9 Å². The summed E-state index contributed by atoms with van der Waals surface area (Å²) >= 11 is 1.82. The highest BCUT2D eigenvalue weighted by Crippen LogP contribution is 2.45. The highest BCUT2D eigenvalue weighted by atomic mass is 32.1. The van der Waals surface area contributed by atoms with Gasteiger partial charge >= 0.3 is 5.82 Å². The molecule has 5 heteroatoms. The van der Waals surface area contributed by atoms with E-state index in [9.17, 15) is 0 Å². The summed E-state index contributed by atoms with van der Waals surface area (Å²) in [5.41, 5.74) is 12.6. The highest BCUT2D eigenvalue weighted by molar-refractivity contribution is 7.25. The third-order valence-corrected chi connectivity index (χ3v) is 12.4. The zero-order valence-corrected chi connectivity index (χ0v) is 29.9. The Morgan fingerprint density at radius 1 is 0.556 bits per heavy atom. The van der Waals surface area contributed by atoms with Crippen LogP contribution in [-0.2, 0) is 6.42 Å². The van der Waals surface area contributed by atoms with E-state index in [4.69, 9.17) is 14.4 Å². The number of hydrogen-bond acceptors (Lipinski definition) is 4. The smallest absolute Gasteiger partial charge is 0.308 e. The molecule has 0 aliphatic heterocycles. The van der Waals surface area contributed by atoms with Gasteiger partial charge in [0.15, 0.2) is 0 Å². The van der Waals surface area contributed by atoms with E-state index in [0.717, 1.165) is 63.1 Å². The van der Waals surface area contributed by atoms with Crippen molar-refractivity contribution in [2.75, 3.05) is 0 Å². The first-order valence-electron chi connectivity index (χ1n) is 18.4. The normalized spacial score (nSPS) is 13.4. The van der Waals surface area contributed by atoms with E-state index < -0.39 is 0 Å². The summed E-state index contributed by atoms with van der Waals surface area (Å²) in [5.74, 6) is 2.17. The molecule has 54 heavy (non-hydrogen) atoms. The van der Waals surface area contributed by atoms with Crippen LogP contribution in [0.2, 0.25) is 0 Å². The van der Waals surface area contributed by atoms with Crippen LogP contribution in [-0.4, -0.2) is 9.97 Å². The van der Waals surface area contributed by atoms with Gasteiger partial charge in [0.05, 0.1) is 16.7 Å². The van der Waals surface area contributed by atoms with Crippen molar-refractivity contribution in [3.05, 3.63) is 162 Å². The zero-order chi connectivity index (χ0) is 35.3. The summed E-state index contributed by atoms with van der Waals surface area (Å²) in [7, 11) is 0. The lowest BCUT2D eigenvalue weighted by Crippen LogP contribution is -2.17. The average Bonchev–Trinajstić information content (AvgIpc) is 3.81. The van der Waals surface area contributed by atoms with Crippen molar-refractivity contribution in [3.8, 4) is 45.3 Å². The molecule has 0 fully saturated rings. The van der Waals surface area contributed by atoms with Gasteiger partial charge in [-0.1, -0.05) is 101 Å². The molecule has 3 aromatic heterocycles. The van der Waals surface area contributed by atoms with E-state index in [1.807, 2.05) is 29.5 Å². The fourth-order valence-electron chi connectivity index (χ4n) is 8.73. The second-order valence-electron chi connectivity index (χ2n) is 14.3. The molecule has 10 aromatic rings. The number of benzene rings is 7. The Balaban J connectivity index is 1.07. The van der Waals surface area contributed by atoms with Crippen LogP contribution in [0.1, 0.15) is 23.1 Å². The van der Waals surface area contributed by atoms with Crippen molar-refractivity contribution in [3.63, 3.8) is 0 Å². The van der Waals surface area contributed by atoms with Gasteiger partial charge in [-0.15, -0.1) is 11.3 Å². The van der Waals surface area contributed by atoms with E-state index in [2.05, 4.69) is 138 Å². The second-order valence-corrected chi connectivity index (χ2v) is 15.4. The number of nitrogens with zero attached hydrogens (tertiary/aromatic N) is 2. The summed E-state index contributed by atoms with van der Waals surface area (Å²) in [6, 6.07) is 47.6. The van der Waals surface area contributed by atoms with Crippen molar-refractivity contribution in [2.24, 2.45) is 0 Å². The SMILES string of the molecule is C1=Cc2ccc3c(-c4ccc5oc6cccc(-c7nc(-c8ccc9sc%10ccccc%10c9c8)nc(-c8ccccc8)[nH+]7)c6c5c4)ccc4c3c2C(=CC4)C1. The Morgan fingerprint density at radius 3 is 2.37 bits per heavy atom. The number of nitrogens with one attached hydrogen (secondary N) is 1. The fraction of sp³-hybridized carbons (Fsp3) is 0.0408. The second kappa shape index (κ2) is 11.4. The molecular weight excluding hydrogens is 679 g/mol. The molecule has 7 aromatic carbocycles. The first-order valence-corrected chi connectivity index (χ1v) is 19.2. The quantitative estimate of drug-likeness (QED) is 0.183. The van der Waals surface area contributed by atoms with Gasteiger partial charge in [-0.3, -0.25) is 0 Å². The molecule has 2 aliphatic rings. The lowest BCUT2D eigenvalue weighted by atomic mass is 9.80. The molecule has 0 radical (unpaired) electrons. The molecule has 4 nitrogen and oxygen atoms in total. The number of furan rings is 1. The number of aromatic amines is 1. The van der Waals surface area contributed by atoms with Crippen LogP contribution in [0.5, 0.6) is 0 Å². The number of hydrogen-bond donors (Lipinski definition) is 0. The molecule has 252 valence electrons. The first kappa shape index (κ1) is 29.8. The standard InChI is InChI=1S/C49H29N3OS/c1-2-8-31(9-3-1)47-50-48(33-21-25-43-38(27-33)35-12-4-5-15-42(35)54-43)52-49(51-47)37-13-7-14-41-46(37)39-26-32(20-24-40(39)53-41)34-22-18-30-17-16-28-10-6-11-29-19-23-36(34)45(30)44(28)29/h1-9,11-16,18-27H,10,17H2/p+1. The topological polar surface area (TPSA) is 53.1 Å². The van der Waals surface area contributed by atoms with Crippen molar-refractivity contribution >= 4 is 75.9 Å². The van der Waals surface area contributed by atoms with Crippen LogP contribution in [0.4, 0.5) is 0 Å². The Bertz CT molecular complexity index is 3280. The number of rotatable bonds is 4. The number of H-pyrrole nitrogens is 1. The number of thiophene rings is 1. The third-order valence-electron chi connectivity index (χ3n) is 11.2. The molecular formula is C49H30N3OS+. The van der Waals surface area contributed by atoms with Gasteiger partial charge in [0.25, 0.3) is 11.6 Å². The number of allylic oxidation sites excluding steroid dienone is 3. The van der Waals surface area contributed by atoms with Crippen molar-refractivity contribution in [2.45, 2.75) is 12.8 Å². The largest absolute Gasteiger partial charge is 0.456 e. The molecule has 0 spiro atoms. The molecule has 0 saturated heterocycles. The Hall–Kier alpha value is -6.69. The Labute approximate surface area is 314 Å². The van der Waals surface area contributed by atoms with Crippen molar-refractivity contribution in [1.82, 2.24) is 9.97 Å². The summed E-state index contributed by atoms with van der Waals surface area (Å²) in [6.45, 7) is 0. The van der Waals surface area contributed by atoms with Crippen LogP contribution >= 0.6 is 11.3 Å². The highest BCUT2D eigenvalue weighted by Gasteiger charge is 2.25. The maximum atomic E-state index is 6.55. The molecule has 0 unspecified atom stereocenters. The summed E-state index contributed by atoms with van der Waals surface area (Å²) in [6.07, 6.45) is 8.95. The summed E-state index contributed by atoms with van der Waals surface area (Å²) < 4.78 is 9.08. The van der Waals surface area contributed by atoms with Gasteiger partial charge in [-0.05, 0) is 118 Å². The lowest BCUT2D eigenvalue weighted by Gasteiger charge is -2.24. The Morgan fingerprint density at radius 2 is 1.41 bits per heavy atom. The van der Waals surface area contributed by atoms with Gasteiger partial charge in [-0.25, -0.2) is 4.98 Å². The van der Waals surface area contributed by atoms with Gasteiger partial charge < -0.3 is 4.42 Å². The van der Waals surface area contributed by atoms with Gasteiger partial charge in [0.1, 0.15) is 11.2 Å². The lowest BCUT2D eigenvalue weighted by molar-refractivity contribution is -0.359. The van der Waals surface area contributed by atoms with Crippen LogP contribution in [0, 0.1) is 0 Å². The third kappa shape index (κ3) is 4.46. The summed E-state index contributed by atoms with van der Waals surface area (Å²) in [4.78, 5) is 14.1. The maximum absolute atomic E-state index is 6.55. The van der Waals surface area contributed by atoms with E-state index in [1.165, 1.54) is 64.3 Å². The molecule has 2 aliphatic carbocycles. The minimum absolute atomic E-state index is 0.671. The molecule has 3 heterocycles. The Kier molecular flexibility index (Phi) is 6.30. The first-order chi connectivity index (χ1) is 26.7. The van der Waals surface area contributed by atoms with Crippen molar-refractivity contribution in [1.29, 1.82) is 0 Å². The molecule has 0 saturated carbocycles.